The number of carbonyl (C=O) groups is 2. The topological polar surface area (TPSA) is 86.8 Å². The highest BCUT2D eigenvalue weighted by atomic mass is 35.5. The van der Waals surface area contributed by atoms with E-state index >= 15 is 0 Å². The average Bonchev–Trinajstić information content (AvgIpc) is 3.00. The average molecular weight is 701 g/mol. The summed E-state index contributed by atoms with van der Waals surface area (Å²) in [6.07, 6.45) is 0.178. The number of aryl methyl sites for hydroxylation is 2. The van der Waals surface area contributed by atoms with Crippen LogP contribution in [0.2, 0.25) is 15.1 Å². The normalized spacial score (nSPS) is 12.1. The van der Waals surface area contributed by atoms with Crippen molar-refractivity contribution in [3.8, 4) is 0 Å². The lowest BCUT2D eigenvalue weighted by Crippen LogP contribution is -2.54. The monoisotopic (exact) mass is 699 g/mol. The van der Waals surface area contributed by atoms with E-state index in [9.17, 15) is 18.0 Å². The van der Waals surface area contributed by atoms with Crippen molar-refractivity contribution in [2.45, 2.75) is 57.6 Å². The van der Waals surface area contributed by atoms with E-state index in [0.717, 1.165) is 15.4 Å². The first-order valence-electron chi connectivity index (χ1n) is 14.7. The van der Waals surface area contributed by atoms with Crippen molar-refractivity contribution in [1.82, 2.24) is 10.2 Å². The van der Waals surface area contributed by atoms with Gasteiger partial charge in [0.05, 0.1) is 10.6 Å². The van der Waals surface area contributed by atoms with E-state index in [2.05, 4.69) is 5.32 Å². The molecule has 0 heterocycles. The van der Waals surface area contributed by atoms with Gasteiger partial charge in [-0.2, -0.15) is 0 Å². The van der Waals surface area contributed by atoms with E-state index in [0.29, 0.717) is 26.2 Å². The number of nitrogens with zero attached hydrogens (tertiary/aromatic N) is 2. The second kappa shape index (κ2) is 15.4. The van der Waals surface area contributed by atoms with Crippen LogP contribution in [0.1, 0.15) is 36.1 Å². The van der Waals surface area contributed by atoms with E-state index in [1.54, 1.807) is 49.4 Å². The Balaban J connectivity index is 1.86. The Labute approximate surface area is 286 Å². The van der Waals surface area contributed by atoms with Crippen LogP contribution in [-0.2, 0) is 32.6 Å². The highest BCUT2D eigenvalue weighted by Crippen LogP contribution is 2.31. The molecule has 0 aliphatic rings. The number of hydrogen-bond donors (Lipinski definition) is 1. The molecule has 0 saturated carbocycles. The first-order chi connectivity index (χ1) is 21.8. The maximum Gasteiger partial charge on any atom is 0.264 e. The molecule has 0 radical (unpaired) electrons. The summed E-state index contributed by atoms with van der Waals surface area (Å²) in [5, 5.41) is 3.96. The van der Waals surface area contributed by atoms with Gasteiger partial charge in [0, 0.05) is 34.1 Å². The Morgan fingerprint density at radius 2 is 1.46 bits per heavy atom. The number of nitrogens with one attached hydrogen (secondary N) is 1. The summed E-state index contributed by atoms with van der Waals surface area (Å²) in [4.78, 5) is 29.8. The molecule has 1 N–H and O–H groups in total. The van der Waals surface area contributed by atoms with Crippen LogP contribution < -0.4 is 9.62 Å². The zero-order valence-corrected chi connectivity index (χ0v) is 29.1. The molecule has 4 aromatic rings. The van der Waals surface area contributed by atoms with Crippen molar-refractivity contribution in [3.63, 3.8) is 0 Å². The van der Waals surface area contributed by atoms with Crippen LogP contribution in [0.15, 0.2) is 95.9 Å². The molecule has 4 aromatic carbocycles. The van der Waals surface area contributed by atoms with Gasteiger partial charge in [0.15, 0.2) is 0 Å². The summed E-state index contributed by atoms with van der Waals surface area (Å²) in [7, 11) is -4.27. The molecular weight excluding hydrogens is 665 g/mol. The number of hydrogen-bond acceptors (Lipinski definition) is 4. The molecule has 0 unspecified atom stereocenters. The van der Waals surface area contributed by atoms with Gasteiger partial charge in [0.25, 0.3) is 10.0 Å². The number of rotatable bonds is 12. The van der Waals surface area contributed by atoms with E-state index in [4.69, 9.17) is 34.8 Å². The van der Waals surface area contributed by atoms with Crippen LogP contribution in [0.25, 0.3) is 0 Å². The molecule has 7 nitrogen and oxygen atoms in total. The van der Waals surface area contributed by atoms with Crippen LogP contribution in [0.4, 0.5) is 5.69 Å². The van der Waals surface area contributed by atoms with Gasteiger partial charge < -0.3 is 10.2 Å². The lowest BCUT2D eigenvalue weighted by Gasteiger charge is -2.34. The van der Waals surface area contributed by atoms with Crippen LogP contribution in [-0.4, -0.2) is 43.8 Å². The fraction of sp³-hybridized carbons (Fsp3) is 0.257. The van der Waals surface area contributed by atoms with Crippen LogP contribution in [0.5, 0.6) is 0 Å². The largest absolute Gasteiger partial charge is 0.352 e. The Kier molecular flexibility index (Phi) is 11.8. The van der Waals surface area contributed by atoms with Crippen molar-refractivity contribution < 1.29 is 18.0 Å². The summed E-state index contributed by atoms with van der Waals surface area (Å²) >= 11 is 19.1. The molecule has 0 spiro atoms. The lowest BCUT2D eigenvalue weighted by molar-refractivity contribution is -0.140. The fourth-order valence-electron chi connectivity index (χ4n) is 4.97. The van der Waals surface area contributed by atoms with E-state index in [-0.39, 0.29) is 35.5 Å². The molecule has 4 rings (SSSR count). The first-order valence-corrected chi connectivity index (χ1v) is 17.3. The highest BCUT2D eigenvalue weighted by molar-refractivity contribution is 7.92. The van der Waals surface area contributed by atoms with Gasteiger partial charge >= 0.3 is 0 Å². The summed E-state index contributed by atoms with van der Waals surface area (Å²) in [6, 6.07) is 24.2. The second-order valence-electron chi connectivity index (χ2n) is 11.4. The minimum absolute atomic E-state index is 0.0101. The molecule has 0 saturated heterocycles. The zero-order chi connectivity index (χ0) is 33.6. The Bertz CT molecular complexity index is 1800. The maximum absolute atomic E-state index is 14.6. The van der Waals surface area contributed by atoms with Crippen LogP contribution >= 0.6 is 34.8 Å². The SMILES string of the molecule is Cc1ccc(S(=O)(=O)N(CC(=O)N(Cc2ccc(Cl)cc2Cl)[C@H](Cc2ccccc2)C(=O)NC(C)C)c2cc(Cl)ccc2C)cc1. The number of sulfonamides is 1. The molecule has 11 heteroatoms. The fourth-order valence-corrected chi connectivity index (χ4v) is 7.08. The summed E-state index contributed by atoms with van der Waals surface area (Å²) in [6.45, 7) is 6.57. The van der Waals surface area contributed by atoms with Gasteiger partial charge in [-0.15, -0.1) is 0 Å². The first kappa shape index (κ1) is 35.3. The minimum atomic E-state index is -4.27. The Morgan fingerprint density at radius 3 is 2.09 bits per heavy atom. The Morgan fingerprint density at radius 1 is 0.826 bits per heavy atom. The van der Waals surface area contributed by atoms with E-state index in [1.165, 1.54) is 23.1 Å². The minimum Gasteiger partial charge on any atom is -0.352 e. The third-order valence-electron chi connectivity index (χ3n) is 7.39. The maximum atomic E-state index is 14.6. The molecule has 0 aromatic heterocycles. The van der Waals surface area contributed by atoms with Crippen molar-refractivity contribution >= 4 is 62.3 Å². The van der Waals surface area contributed by atoms with Crippen molar-refractivity contribution in [1.29, 1.82) is 0 Å². The van der Waals surface area contributed by atoms with E-state index in [1.807, 2.05) is 51.1 Å². The van der Waals surface area contributed by atoms with Gasteiger partial charge in [-0.25, -0.2) is 8.42 Å². The van der Waals surface area contributed by atoms with Crippen molar-refractivity contribution in [2.75, 3.05) is 10.8 Å². The smallest absolute Gasteiger partial charge is 0.264 e. The molecule has 2 amide bonds. The predicted octanol–water partition coefficient (Wildman–Crippen LogP) is 7.62. The van der Waals surface area contributed by atoms with Gasteiger partial charge in [-0.05, 0) is 80.8 Å². The molecule has 0 aliphatic carbocycles. The van der Waals surface area contributed by atoms with Gasteiger partial charge in [-0.1, -0.05) is 95.0 Å². The summed E-state index contributed by atoms with van der Waals surface area (Å²) in [5.74, 6) is -0.995. The molecule has 0 aliphatic heterocycles. The number of carbonyl (C=O) groups excluding carboxylic acids is 2. The summed E-state index contributed by atoms with van der Waals surface area (Å²) < 4.78 is 29.6. The third kappa shape index (κ3) is 8.82. The Hall–Kier alpha value is -3.56. The molecule has 242 valence electrons. The van der Waals surface area contributed by atoms with Gasteiger partial charge in [0.1, 0.15) is 12.6 Å². The molecule has 0 bridgehead atoms. The third-order valence-corrected chi connectivity index (χ3v) is 9.98. The number of benzene rings is 4. The van der Waals surface area contributed by atoms with Crippen LogP contribution in [0.3, 0.4) is 0 Å². The van der Waals surface area contributed by atoms with Crippen molar-refractivity contribution in [2.24, 2.45) is 0 Å². The highest BCUT2D eigenvalue weighted by Gasteiger charge is 2.35. The molecular formula is C35H36Cl3N3O4S. The van der Waals surface area contributed by atoms with Crippen LogP contribution in [0, 0.1) is 13.8 Å². The number of amides is 2. The zero-order valence-electron chi connectivity index (χ0n) is 26.0. The number of halogens is 3. The van der Waals surface area contributed by atoms with Gasteiger partial charge in [0.2, 0.25) is 11.8 Å². The van der Waals surface area contributed by atoms with E-state index < -0.39 is 28.5 Å². The molecule has 0 fully saturated rings. The molecule has 1 atom stereocenters. The second-order valence-corrected chi connectivity index (χ2v) is 14.5. The standard InChI is InChI=1S/C35H36Cl3N3O4S/c1-23(2)39-35(43)33(18-26-8-6-5-7-9-26)40(21-27-13-15-28(36)19-31(27)38)34(42)22-41(32-20-29(37)14-12-25(32)4)46(44,45)30-16-10-24(3)11-17-30/h5-17,19-20,23,33H,18,21-22H2,1-4H3,(H,39,43)/t33-/m1/s1. The van der Waals surface area contributed by atoms with Gasteiger partial charge in [-0.3, -0.25) is 13.9 Å². The van der Waals surface area contributed by atoms with Crippen molar-refractivity contribution in [3.05, 3.63) is 128 Å². The lowest BCUT2D eigenvalue weighted by atomic mass is 10.0. The molecule has 46 heavy (non-hydrogen) atoms. The summed E-state index contributed by atoms with van der Waals surface area (Å²) in [5.41, 5.74) is 3.09. The predicted molar refractivity (Wildman–Crippen MR) is 186 cm³/mol. The quantitative estimate of drug-likeness (QED) is 0.165. The number of anilines is 1.